The fourth-order valence-electron chi connectivity index (χ4n) is 2.43. The highest BCUT2D eigenvalue weighted by atomic mass is 16.4. The van der Waals surface area contributed by atoms with E-state index in [1.54, 1.807) is 4.90 Å². The minimum Gasteiger partial charge on any atom is -0.481 e. The van der Waals surface area contributed by atoms with Gasteiger partial charge in [-0.15, -0.1) is 0 Å². The van der Waals surface area contributed by atoms with Crippen molar-refractivity contribution in [3.05, 3.63) is 0 Å². The summed E-state index contributed by atoms with van der Waals surface area (Å²) in [5.74, 6) is -0.246. The van der Waals surface area contributed by atoms with Crippen molar-refractivity contribution < 1.29 is 14.7 Å². The van der Waals surface area contributed by atoms with Crippen molar-refractivity contribution in [3.63, 3.8) is 0 Å². The molecule has 0 aromatic rings. The highest BCUT2D eigenvalue weighted by Crippen LogP contribution is 2.17. The molecule has 0 radical (unpaired) electrons. The Morgan fingerprint density at radius 1 is 1.20 bits per heavy atom. The van der Waals surface area contributed by atoms with E-state index < -0.39 is 5.97 Å². The first kappa shape index (κ1) is 17.0. The first-order chi connectivity index (χ1) is 9.40. The number of hydrogen-bond donors (Lipinski definition) is 2. The fourth-order valence-corrected chi connectivity index (χ4v) is 2.43. The number of likely N-dealkylation sites (tertiary alicyclic amines) is 1. The summed E-state index contributed by atoms with van der Waals surface area (Å²) in [7, 11) is 0. The predicted octanol–water partition coefficient (Wildman–Crippen LogP) is 1.72. The van der Waals surface area contributed by atoms with Gasteiger partial charge in [-0.1, -0.05) is 13.8 Å². The van der Waals surface area contributed by atoms with E-state index in [1.807, 2.05) is 0 Å². The molecule has 1 aliphatic rings. The molecular weight excluding hydrogens is 256 g/mol. The first-order valence-electron chi connectivity index (χ1n) is 7.64. The van der Waals surface area contributed by atoms with E-state index in [0.29, 0.717) is 44.4 Å². The SMILES string of the molecule is CC(C)CCC(C)NCC(=O)N1CCC(C(=O)O)CC1. The number of piperidine rings is 1. The van der Waals surface area contributed by atoms with E-state index in [1.165, 1.54) is 0 Å². The van der Waals surface area contributed by atoms with Gasteiger partial charge in [0.2, 0.25) is 5.91 Å². The number of amides is 1. The van der Waals surface area contributed by atoms with E-state index in [4.69, 9.17) is 5.11 Å². The molecule has 0 aromatic carbocycles. The molecule has 1 atom stereocenters. The molecule has 0 spiro atoms. The average molecular weight is 284 g/mol. The lowest BCUT2D eigenvalue weighted by Gasteiger charge is -2.30. The van der Waals surface area contributed by atoms with Crippen molar-refractivity contribution in [3.8, 4) is 0 Å². The van der Waals surface area contributed by atoms with Crippen molar-refractivity contribution >= 4 is 11.9 Å². The summed E-state index contributed by atoms with van der Waals surface area (Å²) in [4.78, 5) is 24.7. The summed E-state index contributed by atoms with van der Waals surface area (Å²) in [5, 5.41) is 12.2. The van der Waals surface area contributed by atoms with Crippen LogP contribution in [0, 0.1) is 11.8 Å². The number of aliphatic carboxylic acids is 1. The second kappa shape index (κ2) is 8.25. The molecule has 1 heterocycles. The monoisotopic (exact) mass is 284 g/mol. The Kier molecular flexibility index (Phi) is 6.99. The summed E-state index contributed by atoms with van der Waals surface area (Å²) in [6.45, 7) is 7.99. The number of carbonyl (C=O) groups excluding carboxylic acids is 1. The Morgan fingerprint density at radius 2 is 1.80 bits per heavy atom. The Hall–Kier alpha value is -1.10. The van der Waals surface area contributed by atoms with Gasteiger partial charge in [0.05, 0.1) is 12.5 Å². The zero-order chi connectivity index (χ0) is 15.1. The molecular formula is C15H28N2O3. The number of rotatable bonds is 7. The molecule has 1 rings (SSSR count). The molecule has 1 aliphatic heterocycles. The zero-order valence-corrected chi connectivity index (χ0v) is 12.9. The number of carboxylic acids is 1. The van der Waals surface area contributed by atoms with Crippen molar-refractivity contribution in [1.82, 2.24) is 10.2 Å². The summed E-state index contributed by atoms with van der Waals surface area (Å²) in [6, 6.07) is 0.345. The summed E-state index contributed by atoms with van der Waals surface area (Å²) in [5.41, 5.74) is 0. The maximum Gasteiger partial charge on any atom is 0.306 e. The molecule has 1 fully saturated rings. The molecule has 1 saturated heterocycles. The number of hydrogen-bond acceptors (Lipinski definition) is 3. The standard InChI is InChI=1S/C15H28N2O3/c1-11(2)4-5-12(3)16-10-14(18)17-8-6-13(7-9-17)15(19)20/h11-13,16H,4-10H2,1-3H3,(H,19,20). The maximum absolute atomic E-state index is 12.0. The summed E-state index contributed by atoms with van der Waals surface area (Å²) < 4.78 is 0. The first-order valence-corrected chi connectivity index (χ1v) is 7.64. The number of carboxylic acid groups (broad SMARTS) is 1. The minimum absolute atomic E-state index is 0.0882. The second-order valence-corrected chi connectivity index (χ2v) is 6.25. The molecule has 5 heteroatoms. The lowest BCUT2D eigenvalue weighted by Crippen LogP contribution is -2.45. The van der Waals surface area contributed by atoms with E-state index in [2.05, 4.69) is 26.1 Å². The highest BCUT2D eigenvalue weighted by Gasteiger charge is 2.26. The zero-order valence-electron chi connectivity index (χ0n) is 12.9. The van der Waals surface area contributed by atoms with Crippen LogP contribution in [0.15, 0.2) is 0 Å². The minimum atomic E-state index is -0.738. The lowest BCUT2D eigenvalue weighted by atomic mass is 9.97. The van der Waals surface area contributed by atoms with Gasteiger partial charge in [-0.2, -0.15) is 0 Å². The van der Waals surface area contributed by atoms with Crippen LogP contribution in [-0.4, -0.2) is 47.6 Å². The van der Waals surface area contributed by atoms with Gasteiger partial charge in [-0.05, 0) is 38.5 Å². The van der Waals surface area contributed by atoms with Gasteiger partial charge >= 0.3 is 5.97 Å². The van der Waals surface area contributed by atoms with E-state index in [0.717, 1.165) is 12.8 Å². The van der Waals surface area contributed by atoms with Crippen molar-refractivity contribution in [2.45, 2.75) is 52.5 Å². The van der Waals surface area contributed by atoms with E-state index in [-0.39, 0.29) is 11.8 Å². The molecule has 5 nitrogen and oxygen atoms in total. The largest absolute Gasteiger partial charge is 0.481 e. The molecule has 1 amide bonds. The Bertz CT molecular complexity index is 323. The van der Waals surface area contributed by atoms with Crippen molar-refractivity contribution in [1.29, 1.82) is 0 Å². The van der Waals surface area contributed by atoms with Crippen LogP contribution >= 0.6 is 0 Å². The van der Waals surface area contributed by atoms with Crippen molar-refractivity contribution in [2.75, 3.05) is 19.6 Å². The number of nitrogens with one attached hydrogen (secondary N) is 1. The third-order valence-electron chi connectivity index (χ3n) is 3.98. The third-order valence-corrected chi connectivity index (χ3v) is 3.98. The summed E-state index contributed by atoms with van der Waals surface area (Å²) >= 11 is 0. The van der Waals surface area contributed by atoms with Crippen LogP contribution in [-0.2, 0) is 9.59 Å². The van der Waals surface area contributed by atoms with Crippen LogP contribution in [0.2, 0.25) is 0 Å². The second-order valence-electron chi connectivity index (χ2n) is 6.25. The Morgan fingerprint density at radius 3 is 2.30 bits per heavy atom. The highest BCUT2D eigenvalue weighted by molar-refractivity contribution is 5.79. The smallest absolute Gasteiger partial charge is 0.306 e. The molecule has 0 saturated carbocycles. The number of carbonyl (C=O) groups is 2. The van der Waals surface area contributed by atoms with E-state index >= 15 is 0 Å². The molecule has 0 aliphatic carbocycles. The maximum atomic E-state index is 12.0. The average Bonchev–Trinajstić information content (AvgIpc) is 2.42. The Labute approximate surface area is 121 Å². The predicted molar refractivity (Wildman–Crippen MR) is 78.5 cm³/mol. The van der Waals surface area contributed by atoms with Crippen LogP contribution in [0.1, 0.15) is 46.5 Å². The van der Waals surface area contributed by atoms with E-state index in [9.17, 15) is 9.59 Å². The van der Waals surface area contributed by atoms with Gasteiger partial charge in [0.15, 0.2) is 0 Å². The van der Waals surface area contributed by atoms with Crippen LogP contribution in [0.5, 0.6) is 0 Å². The Balaban J connectivity index is 2.22. The normalized spacial score (nSPS) is 18.3. The molecule has 0 bridgehead atoms. The molecule has 20 heavy (non-hydrogen) atoms. The lowest BCUT2D eigenvalue weighted by molar-refractivity contribution is -0.145. The summed E-state index contributed by atoms with van der Waals surface area (Å²) in [6.07, 6.45) is 3.38. The molecule has 0 aromatic heterocycles. The molecule has 116 valence electrons. The third kappa shape index (κ3) is 5.90. The van der Waals surface area contributed by atoms with Gasteiger partial charge in [0.25, 0.3) is 0 Å². The van der Waals surface area contributed by atoms with Gasteiger partial charge in [-0.25, -0.2) is 0 Å². The van der Waals surface area contributed by atoms with Gasteiger partial charge in [0.1, 0.15) is 0 Å². The van der Waals surface area contributed by atoms with Gasteiger partial charge < -0.3 is 15.3 Å². The molecule has 2 N–H and O–H groups in total. The van der Waals surface area contributed by atoms with Crippen LogP contribution in [0.3, 0.4) is 0 Å². The quantitative estimate of drug-likeness (QED) is 0.747. The fraction of sp³-hybridized carbons (Fsp3) is 0.867. The van der Waals surface area contributed by atoms with Gasteiger partial charge in [-0.3, -0.25) is 9.59 Å². The molecule has 1 unspecified atom stereocenters. The van der Waals surface area contributed by atoms with Crippen LogP contribution in [0.25, 0.3) is 0 Å². The van der Waals surface area contributed by atoms with Crippen molar-refractivity contribution in [2.24, 2.45) is 11.8 Å². The van der Waals surface area contributed by atoms with Gasteiger partial charge in [0, 0.05) is 19.1 Å². The van der Waals surface area contributed by atoms with Crippen LogP contribution in [0.4, 0.5) is 0 Å². The topological polar surface area (TPSA) is 69.6 Å². The number of nitrogens with zero attached hydrogens (tertiary/aromatic N) is 1. The van der Waals surface area contributed by atoms with Crippen LogP contribution < -0.4 is 5.32 Å².